The Kier molecular flexibility index (Phi) is 3.38. The average molecular weight is 223 g/mol. The molecule has 2 N–H and O–H groups in total. The first-order valence-electron chi connectivity index (χ1n) is 5.36. The standard InChI is InChI=1S/C11H17N3S/c1-2-9-5-3-4-6-14(9)8-10-7-13-11(12)15-10/h2,7,9H,1,3-6,8H2,(H2,12,13). The molecule has 0 radical (unpaired) electrons. The van der Waals surface area contributed by atoms with Gasteiger partial charge in [-0.25, -0.2) is 4.98 Å². The highest BCUT2D eigenvalue weighted by molar-refractivity contribution is 7.15. The summed E-state index contributed by atoms with van der Waals surface area (Å²) in [5.74, 6) is 0. The summed E-state index contributed by atoms with van der Waals surface area (Å²) < 4.78 is 0. The topological polar surface area (TPSA) is 42.2 Å². The molecule has 1 aromatic heterocycles. The van der Waals surface area contributed by atoms with E-state index in [1.807, 2.05) is 6.20 Å². The Bertz CT molecular complexity index is 334. The lowest BCUT2D eigenvalue weighted by Gasteiger charge is -2.33. The number of aromatic nitrogens is 1. The minimum Gasteiger partial charge on any atom is -0.375 e. The molecule has 1 atom stereocenters. The first-order valence-corrected chi connectivity index (χ1v) is 6.18. The van der Waals surface area contributed by atoms with Gasteiger partial charge < -0.3 is 5.73 Å². The second-order valence-electron chi connectivity index (χ2n) is 3.93. The third-order valence-electron chi connectivity index (χ3n) is 2.87. The van der Waals surface area contributed by atoms with E-state index in [0.29, 0.717) is 11.2 Å². The summed E-state index contributed by atoms with van der Waals surface area (Å²) in [5.41, 5.74) is 5.62. The number of anilines is 1. The maximum Gasteiger partial charge on any atom is 0.180 e. The van der Waals surface area contributed by atoms with Crippen molar-refractivity contribution in [2.24, 2.45) is 0 Å². The third kappa shape index (κ3) is 2.58. The molecule has 1 aliphatic rings. The van der Waals surface area contributed by atoms with E-state index >= 15 is 0 Å². The maximum atomic E-state index is 5.62. The van der Waals surface area contributed by atoms with Crippen molar-refractivity contribution in [1.82, 2.24) is 9.88 Å². The molecule has 15 heavy (non-hydrogen) atoms. The number of nitrogen functional groups attached to an aromatic ring is 1. The number of nitrogens with two attached hydrogens (primary N) is 1. The fourth-order valence-electron chi connectivity index (χ4n) is 2.08. The van der Waals surface area contributed by atoms with E-state index in [4.69, 9.17) is 5.73 Å². The number of hydrogen-bond donors (Lipinski definition) is 1. The molecule has 1 fully saturated rings. The number of nitrogens with zero attached hydrogens (tertiary/aromatic N) is 2. The van der Waals surface area contributed by atoms with E-state index in [-0.39, 0.29) is 0 Å². The lowest BCUT2D eigenvalue weighted by Crippen LogP contribution is -2.37. The zero-order valence-corrected chi connectivity index (χ0v) is 9.67. The van der Waals surface area contributed by atoms with Crippen LogP contribution in [0.3, 0.4) is 0 Å². The largest absolute Gasteiger partial charge is 0.375 e. The van der Waals surface area contributed by atoms with Gasteiger partial charge in [0.25, 0.3) is 0 Å². The summed E-state index contributed by atoms with van der Waals surface area (Å²) in [7, 11) is 0. The second kappa shape index (κ2) is 4.77. The van der Waals surface area contributed by atoms with Crippen LogP contribution in [-0.2, 0) is 6.54 Å². The lowest BCUT2D eigenvalue weighted by atomic mass is 10.0. The van der Waals surface area contributed by atoms with Gasteiger partial charge in [-0.1, -0.05) is 12.5 Å². The van der Waals surface area contributed by atoms with E-state index in [1.165, 1.54) is 24.1 Å². The van der Waals surface area contributed by atoms with Crippen LogP contribution in [0, 0.1) is 0 Å². The predicted octanol–water partition coefficient (Wildman–Crippen LogP) is 2.27. The Morgan fingerprint density at radius 3 is 3.20 bits per heavy atom. The van der Waals surface area contributed by atoms with Crippen LogP contribution >= 0.6 is 11.3 Å². The summed E-state index contributed by atoms with van der Waals surface area (Å²) >= 11 is 1.58. The Morgan fingerprint density at radius 1 is 1.67 bits per heavy atom. The van der Waals surface area contributed by atoms with Crippen molar-refractivity contribution < 1.29 is 0 Å². The molecule has 3 nitrogen and oxygen atoms in total. The lowest BCUT2D eigenvalue weighted by molar-refractivity contribution is 0.173. The monoisotopic (exact) mass is 223 g/mol. The molecule has 82 valence electrons. The summed E-state index contributed by atoms with van der Waals surface area (Å²) in [6.07, 6.45) is 7.78. The van der Waals surface area contributed by atoms with E-state index in [0.717, 1.165) is 13.1 Å². The van der Waals surface area contributed by atoms with Crippen molar-refractivity contribution in [1.29, 1.82) is 0 Å². The zero-order valence-electron chi connectivity index (χ0n) is 8.85. The van der Waals surface area contributed by atoms with Gasteiger partial charge in [-0.15, -0.1) is 17.9 Å². The predicted molar refractivity (Wildman–Crippen MR) is 64.8 cm³/mol. The molecule has 0 amide bonds. The Hall–Kier alpha value is -0.870. The highest BCUT2D eigenvalue weighted by Crippen LogP contribution is 2.23. The van der Waals surface area contributed by atoms with Crippen molar-refractivity contribution in [3.05, 3.63) is 23.7 Å². The van der Waals surface area contributed by atoms with E-state index in [9.17, 15) is 0 Å². The van der Waals surface area contributed by atoms with Gasteiger partial charge in [0, 0.05) is 23.7 Å². The van der Waals surface area contributed by atoms with Gasteiger partial charge in [-0.2, -0.15) is 0 Å². The molecule has 2 heterocycles. The molecule has 2 rings (SSSR count). The molecule has 0 aromatic carbocycles. The molecular weight excluding hydrogens is 206 g/mol. The number of piperidine rings is 1. The van der Waals surface area contributed by atoms with E-state index < -0.39 is 0 Å². The number of rotatable bonds is 3. The van der Waals surface area contributed by atoms with Crippen LogP contribution in [0.15, 0.2) is 18.9 Å². The molecule has 1 saturated heterocycles. The fourth-order valence-corrected chi connectivity index (χ4v) is 2.79. The highest BCUT2D eigenvalue weighted by Gasteiger charge is 2.20. The van der Waals surface area contributed by atoms with Gasteiger partial charge in [0.05, 0.1) is 0 Å². The first kappa shape index (κ1) is 10.6. The van der Waals surface area contributed by atoms with Gasteiger partial charge in [-0.3, -0.25) is 4.90 Å². The second-order valence-corrected chi connectivity index (χ2v) is 5.08. The van der Waals surface area contributed by atoms with Crippen molar-refractivity contribution in [2.45, 2.75) is 31.8 Å². The normalized spacial score (nSPS) is 22.8. The molecule has 0 aliphatic carbocycles. The van der Waals surface area contributed by atoms with Crippen molar-refractivity contribution in [2.75, 3.05) is 12.3 Å². The average Bonchev–Trinajstić information content (AvgIpc) is 2.65. The summed E-state index contributed by atoms with van der Waals surface area (Å²) in [4.78, 5) is 7.79. The molecule has 4 heteroatoms. The molecule has 1 aromatic rings. The van der Waals surface area contributed by atoms with Gasteiger partial charge >= 0.3 is 0 Å². The van der Waals surface area contributed by atoms with Crippen molar-refractivity contribution in [3.63, 3.8) is 0 Å². The molecule has 0 saturated carbocycles. The van der Waals surface area contributed by atoms with Crippen LogP contribution in [0.1, 0.15) is 24.1 Å². The van der Waals surface area contributed by atoms with Crippen LogP contribution in [0.4, 0.5) is 5.13 Å². The minimum atomic E-state index is 0.530. The highest BCUT2D eigenvalue weighted by atomic mass is 32.1. The first-order chi connectivity index (χ1) is 7.29. The van der Waals surface area contributed by atoms with Gasteiger partial charge in [0.15, 0.2) is 5.13 Å². The zero-order chi connectivity index (χ0) is 10.7. The van der Waals surface area contributed by atoms with Gasteiger partial charge in [-0.05, 0) is 19.4 Å². The van der Waals surface area contributed by atoms with Crippen molar-refractivity contribution >= 4 is 16.5 Å². The van der Waals surface area contributed by atoms with Gasteiger partial charge in [0.2, 0.25) is 0 Å². The number of likely N-dealkylation sites (tertiary alicyclic amines) is 1. The van der Waals surface area contributed by atoms with E-state index in [1.54, 1.807) is 11.3 Å². The maximum absolute atomic E-state index is 5.62. The third-order valence-corrected chi connectivity index (χ3v) is 3.68. The fraction of sp³-hybridized carbons (Fsp3) is 0.545. The molecule has 0 spiro atoms. The van der Waals surface area contributed by atoms with Crippen LogP contribution < -0.4 is 5.73 Å². The molecular formula is C11H17N3S. The Morgan fingerprint density at radius 2 is 2.53 bits per heavy atom. The quantitative estimate of drug-likeness (QED) is 0.799. The summed E-state index contributed by atoms with van der Waals surface area (Å²) in [5, 5.41) is 0.664. The van der Waals surface area contributed by atoms with Crippen LogP contribution in [0.2, 0.25) is 0 Å². The molecule has 1 aliphatic heterocycles. The minimum absolute atomic E-state index is 0.530. The summed E-state index contributed by atoms with van der Waals surface area (Å²) in [6, 6.07) is 0.530. The van der Waals surface area contributed by atoms with Crippen molar-refractivity contribution in [3.8, 4) is 0 Å². The van der Waals surface area contributed by atoms with Gasteiger partial charge in [0.1, 0.15) is 0 Å². The van der Waals surface area contributed by atoms with E-state index in [2.05, 4.69) is 22.5 Å². The SMILES string of the molecule is C=CC1CCCCN1Cc1cnc(N)s1. The van der Waals surface area contributed by atoms with Crippen LogP contribution in [-0.4, -0.2) is 22.5 Å². The molecule has 1 unspecified atom stereocenters. The smallest absolute Gasteiger partial charge is 0.180 e. The number of thiazole rings is 1. The molecule has 0 bridgehead atoms. The number of hydrogen-bond acceptors (Lipinski definition) is 4. The summed E-state index contributed by atoms with van der Waals surface area (Å²) in [6.45, 7) is 6.03. The Labute approximate surface area is 94.6 Å². The van der Waals surface area contributed by atoms with Crippen LogP contribution in [0.5, 0.6) is 0 Å². The van der Waals surface area contributed by atoms with Crippen LogP contribution in [0.25, 0.3) is 0 Å². The Balaban J connectivity index is 2.00.